The third-order valence-corrected chi connectivity index (χ3v) is 6.08. The SMILES string of the molecule is CC(C)CN(CC(C)C)c1ccc(-c2ccccc2C2=NN=NC2)cc1NC(=O)Cc1ccc(O)cc1. The molecule has 0 aliphatic carbocycles. The van der Waals surface area contributed by atoms with Crippen molar-refractivity contribution in [2.45, 2.75) is 34.1 Å². The number of nitrogens with one attached hydrogen (secondary N) is 1. The lowest BCUT2D eigenvalue weighted by atomic mass is 9.95. The maximum Gasteiger partial charge on any atom is 0.228 e. The molecule has 0 saturated carbocycles. The van der Waals surface area contributed by atoms with Gasteiger partial charge < -0.3 is 15.3 Å². The molecule has 37 heavy (non-hydrogen) atoms. The zero-order valence-corrected chi connectivity index (χ0v) is 22.0. The van der Waals surface area contributed by atoms with Crippen molar-refractivity contribution in [3.8, 4) is 16.9 Å². The number of anilines is 2. The van der Waals surface area contributed by atoms with Gasteiger partial charge in [0.15, 0.2) is 0 Å². The van der Waals surface area contributed by atoms with Crippen LogP contribution in [-0.2, 0) is 11.2 Å². The monoisotopic (exact) mass is 497 g/mol. The van der Waals surface area contributed by atoms with E-state index in [0.717, 1.165) is 52.4 Å². The van der Waals surface area contributed by atoms with Crippen molar-refractivity contribution in [1.82, 2.24) is 0 Å². The Bertz CT molecular complexity index is 1290. The van der Waals surface area contributed by atoms with Crippen LogP contribution in [0, 0.1) is 11.8 Å². The van der Waals surface area contributed by atoms with Crippen LogP contribution >= 0.6 is 0 Å². The Kier molecular flexibility index (Phi) is 8.33. The third-order valence-electron chi connectivity index (χ3n) is 6.08. The molecule has 0 atom stereocenters. The summed E-state index contributed by atoms with van der Waals surface area (Å²) >= 11 is 0. The number of carbonyl (C=O) groups excluding carboxylic acids is 1. The molecule has 0 bridgehead atoms. The number of amides is 1. The van der Waals surface area contributed by atoms with Crippen LogP contribution in [0.2, 0.25) is 0 Å². The first-order valence-electron chi connectivity index (χ1n) is 12.8. The second kappa shape index (κ2) is 11.8. The molecular formula is C30H35N5O2. The normalized spacial score (nSPS) is 12.8. The van der Waals surface area contributed by atoms with E-state index in [9.17, 15) is 9.90 Å². The summed E-state index contributed by atoms with van der Waals surface area (Å²) < 4.78 is 0. The number of hydrogen-bond donors (Lipinski definition) is 2. The van der Waals surface area contributed by atoms with Crippen LogP contribution in [0.1, 0.15) is 38.8 Å². The molecule has 0 unspecified atom stereocenters. The Morgan fingerprint density at radius 2 is 1.62 bits per heavy atom. The fraction of sp³-hybridized carbons (Fsp3) is 0.333. The van der Waals surface area contributed by atoms with Crippen molar-refractivity contribution in [1.29, 1.82) is 0 Å². The van der Waals surface area contributed by atoms with Gasteiger partial charge in [0.05, 0.1) is 23.5 Å². The Labute approximate surface area is 218 Å². The highest BCUT2D eigenvalue weighted by Crippen LogP contribution is 2.35. The first-order chi connectivity index (χ1) is 17.8. The van der Waals surface area contributed by atoms with Gasteiger partial charge in [-0.15, -0.1) is 5.10 Å². The highest BCUT2D eigenvalue weighted by molar-refractivity contribution is 6.08. The third kappa shape index (κ3) is 6.82. The minimum atomic E-state index is -0.107. The Morgan fingerprint density at radius 1 is 0.946 bits per heavy atom. The molecule has 3 aromatic rings. The fourth-order valence-corrected chi connectivity index (χ4v) is 4.57. The summed E-state index contributed by atoms with van der Waals surface area (Å²) in [6.07, 6.45) is 0.217. The van der Waals surface area contributed by atoms with Crippen LogP contribution in [0.15, 0.2) is 82.2 Å². The fourth-order valence-electron chi connectivity index (χ4n) is 4.57. The average Bonchev–Trinajstić information content (AvgIpc) is 3.39. The lowest BCUT2D eigenvalue weighted by Crippen LogP contribution is -2.32. The van der Waals surface area contributed by atoms with E-state index in [0.29, 0.717) is 18.4 Å². The van der Waals surface area contributed by atoms with E-state index in [-0.39, 0.29) is 18.1 Å². The number of aromatic hydroxyl groups is 1. The summed E-state index contributed by atoms with van der Waals surface area (Å²) in [6.45, 7) is 11.1. The first-order valence-corrected chi connectivity index (χ1v) is 12.8. The molecule has 3 aromatic carbocycles. The topological polar surface area (TPSA) is 89.7 Å². The summed E-state index contributed by atoms with van der Waals surface area (Å²) in [7, 11) is 0. The van der Waals surface area contributed by atoms with Crippen molar-refractivity contribution in [2.75, 3.05) is 29.9 Å². The molecule has 1 amide bonds. The quantitative estimate of drug-likeness (QED) is 0.334. The van der Waals surface area contributed by atoms with Crippen LogP contribution in [0.5, 0.6) is 5.75 Å². The number of nitrogens with zero attached hydrogens (tertiary/aromatic N) is 4. The molecule has 0 aromatic heterocycles. The molecule has 1 aliphatic rings. The summed E-state index contributed by atoms with van der Waals surface area (Å²) in [5.74, 6) is 1.01. The lowest BCUT2D eigenvalue weighted by Gasteiger charge is -2.31. The number of phenols is 1. The van der Waals surface area contributed by atoms with E-state index in [1.54, 1.807) is 24.3 Å². The largest absolute Gasteiger partial charge is 0.508 e. The predicted molar refractivity (Wildman–Crippen MR) is 150 cm³/mol. The van der Waals surface area contributed by atoms with Gasteiger partial charge in [0, 0.05) is 18.7 Å². The zero-order valence-electron chi connectivity index (χ0n) is 22.0. The van der Waals surface area contributed by atoms with E-state index in [2.05, 4.69) is 77.6 Å². The van der Waals surface area contributed by atoms with Crippen molar-refractivity contribution in [3.63, 3.8) is 0 Å². The molecule has 4 rings (SSSR count). The smallest absolute Gasteiger partial charge is 0.228 e. The number of benzene rings is 3. The Morgan fingerprint density at radius 3 is 2.24 bits per heavy atom. The maximum atomic E-state index is 13.2. The number of rotatable bonds is 10. The van der Waals surface area contributed by atoms with Gasteiger partial charge in [-0.3, -0.25) is 4.79 Å². The van der Waals surface area contributed by atoms with Gasteiger partial charge >= 0.3 is 0 Å². The summed E-state index contributed by atoms with van der Waals surface area (Å²) in [6, 6.07) is 21.1. The van der Waals surface area contributed by atoms with E-state index in [1.165, 1.54) is 0 Å². The van der Waals surface area contributed by atoms with E-state index >= 15 is 0 Å². The molecule has 1 aliphatic heterocycles. The molecule has 0 spiro atoms. The predicted octanol–water partition coefficient (Wildman–Crippen LogP) is 6.53. The standard InChI is InChI=1S/C30H35N5O2/c1-20(2)18-35(19-21(3)4)29-14-11-23(25-7-5-6-8-26(25)28-17-31-34-33-28)16-27(29)32-30(37)15-22-9-12-24(36)13-10-22/h5-14,16,20-21,36H,15,17-19H2,1-4H3,(H,32,37). The van der Waals surface area contributed by atoms with E-state index < -0.39 is 0 Å². The van der Waals surface area contributed by atoms with Gasteiger partial charge in [0.1, 0.15) is 12.3 Å². The molecule has 7 nitrogen and oxygen atoms in total. The molecular weight excluding hydrogens is 462 g/mol. The first kappa shape index (κ1) is 26.1. The minimum absolute atomic E-state index is 0.107. The molecule has 2 N–H and O–H groups in total. The molecule has 0 fully saturated rings. The average molecular weight is 498 g/mol. The van der Waals surface area contributed by atoms with Crippen LogP contribution in [0.4, 0.5) is 11.4 Å². The van der Waals surface area contributed by atoms with Crippen molar-refractivity contribution in [3.05, 3.63) is 77.9 Å². The number of phenolic OH excluding ortho intramolecular Hbond substituents is 1. The molecule has 7 heteroatoms. The van der Waals surface area contributed by atoms with Crippen LogP contribution < -0.4 is 10.2 Å². The minimum Gasteiger partial charge on any atom is -0.508 e. The van der Waals surface area contributed by atoms with E-state index in [4.69, 9.17) is 0 Å². The summed E-state index contributed by atoms with van der Waals surface area (Å²) in [4.78, 5) is 15.5. The van der Waals surface area contributed by atoms with Gasteiger partial charge in [0.2, 0.25) is 5.91 Å². The van der Waals surface area contributed by atoms with Crippen LogP contribution in [0.3, 0.4) is 0 Å². The van der Waals surface area contributed by atoms with Crippen molar-refractivity contribution in [2.24, 2.45) is 27.3 Å². The number of carbonyl (C=O) groups is 1. The summed E-state index contributed by atoms with van der Waals surface area (Å²) in [5, 5.41) is 24.8. The molecule has 0 saturated heterocycles. The Balaban J connectivity index is 1.72. The highest BCUT2D eigenvalue weighted by atomic mass is 16.3. The van der Waals surface area contributed by atoms with Gasteiger partial charge in [-0.2, -0.15) is 5.11 Å². The van der Waals surface area contributed by atoms with E-state index in [1.807, 2.05) is 18.2 Å². The van der Waals surface area contributed by atoms with Crippen LogP contribution in [-0.4, -0.2) is 36.4 Å². The highest BCUT2D eigenvalue weighted by Gasteiger charge is 2.19. The molecule has 0 radical (unpaired) electrons. The zero-order chi connectivity index (χ0) is 26.4. The second-order valence-corrected chi connectivity index (χ2v) is 10.3. The van der Waals surface area contributed by atoms with Crippen molar-refractivity contribution >= 4 is 23.0 Å². The van der Waals surface area contributed by atoms with Gasteiger partial charge in [-0.25, -0.2) is 0 Å². The van der Waals surface area contributed by atoms with Gasteiger partial charge in [-0.05, 0) is 58.0 Å². The van der Waals surface area contributed by atoms with Crippen molar-refractivity contribution < 1.29 is 9.90 Å². The maximum absolute atomic E-state index is 13.2. The van der Waals surface area contributed by atoms with Gasteiger partial charge in [-0.1, -0.05) is 70.2 Å². The molecule has 192 valence electrons. The summed E-state index contributed by atoms with van der Waals surface area (Å²) in [5.41, 5.74) is 6.45. The Hall–Kier alpha value is -4.00. The molecule has 1 heterocycles. The van der Waals surface area contributed by atoms with Crippen LogP contribution in [0.25, 0.3) is 11.1 Å². The number of hydrogen-bond acceptors (Lipinski definition) is 6. The second-order valence-electron chi connectivity index (χ2n) is 10.3. The lowest BCUT2D eigenvalue weighted by molar-refractivity contribution is -0.115. The van der Waals surface area contributed by atoms with Gasteiger partial charge in [0.25, 0.3) is 0 Å².